The lowest BCUT2D eigenvalue weighted by Gasteiger charge is -2.11. The predicted octanol–water partition coefficient (Wildman–Crippen LogP) is -1.81. The topological polar surface area (TPSA) is 86.6 Å². The fourth-order valence-corrected chi connectivity index (χ4v) is 11.2. The SMILES string of the molecule is CCCCCCCCCCCC[SiH](O)O[SiH2]O[SiH2]O[SiH2]O[SiH2]O[SiH2]O. The smallest absolute Gasteiger partial charge is 0.309 e. The molecule has 1 unspecified atom stereocenters. The zero-order valence-electron chi connectivity index (χ0n) is 15.8. The van der Waals surface area contributed by atoms with E-state index in [0.29, 0.717) is 0 Å². The quantitative estimate of drug-likeness (QED) is 0.154. The van der Waals surface area contributed by atoms with E-state index < -0.39 is 59.3 Å². The lowest BCUT2D eigenvalue weighted by molar-refractivity contribution is 0.355. The molecule has 0 bridgehead atoms. The van der Waals surface area contributed by atoms with Gasteiger partial charge in [-0.05, 0) is 6.04 Å². The summed E-state index contributed by atoms with van der Waals surface area (Å²) in [7, 11) is -7.39. The van der Waals surface area contributed by atoms with Crippen molar-refractivity contribution in [3.8, 4) is 0 Å². The van der Waals surface area contributed by atoms with Crippen LogP contribution in [0, 0.1) is 0 Å². The van der Waals surface area contributed by atoms with Crippen molar-refractivity contribution in [2.24, 2.45) is 0 Å². The van der Waals surface area contributed by atoms with Gasteiger partial charge in [0.1, 0.15) is 0 Å². The summed E-state index contributed by atoms with van der Waals surface area (Å²) in [6, 6.07) is 0.834. The molecule has 0 radical (unpaired) electrons. The van der Waals surface area contributed by atoms with E-state index in [1.807, 2.05) is 0 Å². The summed E-state index contributed by atoms with van der Waals surface area (Å²) < 4.78 is 26.3. The summed E-state index contributed by atoms with van der Waals surface area (Å²) >= 11 is 0. The van der Waals surface area contributed by atoms with Gasteiger partial charge in [0.25, 0.3) is 50.0 Å². The molecule has 0 fully saturated rings. The number of hydrogen-bond acceptors (Lipinski definition) is 7. The number of rotatable bonds is 21. The molecule has 0 aliphatic heterocycles. The fourth-order valence-electron chi connectivity index (χ4n) is 2.33. The minimum absolute atomic E-state index is 0.834. The Hall–Kier alpha value is 1.02. The summed E-state index contributed by atoms with van der Waals surface area (Å²) in [5.74, 6) is 0. The zero-order chi connectivity index (χ0) is 18.4. The van der Waals surface area contributed by atoms with Crippen molar-refractivity contribution in [1.82, 2.24) is 0 Å². The summed E-state index contributed by atoms with van der Waals surface area (Å²) in [5.41, 5.74) is 0. The van der Waals surface area contributed by atoms with Crippen LogP contribution in [0.15, 0.2) is 0 Å². The first-order valence-electron chi connectivity index (χ1n) is 9.52. The average molecular weight is 463 g/mol. The molecule has 0 rings (SSSR count). The summed E-state index contributed by atoms with van der Waals surface area (Å²) in [6.07, 6.45) is 13.1. The zero-order valence-corrected chi connectivity index (χ0v) is 24.1. The van der Waals surface area contributed by atoms with Gasteiger partial charge >= 0.3 is 9.28 Å². The first-order chi connectivity index (χ1) is 12.3. The van der Waals surface area contributed by atoms with E-state index >= 15 is 0 Å². The third kappa shape index (κ3) is 23.0. The number of unbranched alkanes of at least 4 members (excludes halogenated alkanes) is 9. The van der Waals surface area contributed by atoms with Crippen LogP contribution in [0.1, 0.15) is 71.1 Å². The van der Waals surface area contributed by atoms with Crippen molar-refractivity contribution in [3.63, 3.8) is 0 Å². The van der Waals surface area contributed by atoms with E-state index in [2.05, 4.69) is 6.92 Å². The summed E-state index contributed by atoms with van der Waals surface area (Å²) in [5, 5.41) is 0. The van der Waals surface area contributed by atoms with E-state index in [1.165, 1.54) is 57.8 Å². The van der Waals surface area contributed by atoms with Crippen LogP contribution in [0.4, 0.5) is 0 Å². The van der Waals surface area contributed by atoms with E-state index in [0.717, 1.165) is 12.5 Å². The minimum atomic E-state index is -2.01. The Morgan fingerprint density at radius 2 is 1.16 bits per heavy atom. The van der Waals surface area contributed by atoms with Crippen molar-refractivity contribution in [2.75, 3.05) is 0 Å². The highest BCUT2D eigenvalue weighted by Crippen LogP contribution is 2.11. The highest BCUT2D eigenvalue weighted by atomic mass is 28.4. The molecule has 0 heterocycles. The lowest BCUT2D eigenvalue weighted by atomic mass is 10.1. The molecule has 0 aromatic rings. The number of hydrogen-bond donors (Lipinski definition) is 2. The van der Waals surface area contributed by atoms with Gasteiger partial charge < -0.3 is 30.2 Å². The molecule has 0 saturated heterocycles. The van der Waals surface area contributed by atoms with E-state index in [-0.39, 0.29) is 0 Å². The normalized spacial score (nSPS) is 15.0. The van der Waals surface area contributed by atoms with Gasteiger partial charge in [-0.25, -0.2) is 0 Å². The Morgan fingerprint density at radius 3 is 1.72 bits per heavy atom. The van der Waals surface area contributed by atoms with Crippen LogP contribution in [-0.2, 0) is 20.6 Å². The van der Waals surface area contributed by atoms with Gasteiger partial charge in [-0.2, -0.15) is 0 Å². The van der Waals surface area contributed by atoms with Gasteiger partial charge in [-0.1, -0.05) is 71.1 Å². The molecule has 25 heavy (non-hydrogen) atoms. The van der Waals surface area contributed by atoms with Gasteiger partial charge in [0.2, 0.25) is 0 Å². The largest absolute Gasteiger partial charge is 0.425 e. The maximum atomic E-state index is 9.87. The van der Waals surface area contributed by atoms with E-state index in [4.69, 9.17) is 25.4 Å². The van der Waals surface area contributed by atoms with E-state index in [9.17, 15) is 4.80 Å². The fraction of sp³-hybridized carbons (Fsp3) is 1.00. The second-order valence-electron chi connectivity index (χ2n) is 6.01. The molecular formula is C12H38O7Si6. The van der Waals surface area contributed by atoms with Crippen molar-refractivity contribution in [2.45, 2.75) is 77.2 Å². The van der Waals surface area contributed by atoms with Crippen LogP contribution in [-0.4, -0.2) is 68.9 Å². The highest BCUT2D eigenvalue weighted by molar-refractivity contribution is 6.52. The molecule has 0 saturated carbocycles. The maximum Gasteiger partial charge on any atom is 0.309 e. The molecule has 7 nitrogen and oxygen atoms in total. The predicted molar refractivity (Wildman–Crippen MR) is 116 cm³/mol. The van der Waals surface area contributed by atoms with Gasteiger partial charge in [0.15, 0.2) is 0 Å². The Kier molecular flexibility index (Phi) is 24.0. The van der Waals surface area contributed by atoms with Crippen molar-refractivity contribution in [3.05, 3.63) is 0 Å². The Morgan fingerprint density at radius 1 is 0.680 bits per heavy atom. The highest BCUT2D eigenvalue weighted by Gasteiger charge is 2.07. The summed E-state index contributed by atoms with van der Waals surface area (Å²) in [4.78, 5) is 18.4. The first-order valence-corrected chi connectivity index (χ1v) is 17.2. The Labute approximate surface area is 166 Å². The first kappa shape index (κ1) is 26.0. The van der Waals surface area contributed by atoms with Crippen molar-refractivity contribution >= 4 is 59.3 Å². The average Bonchev–Trinajstić information content (AvgIpc) is 2.62. The second kappa shape index (κ2) is 23.1. The Balaban J connectivity index is 3.12. The molecule has 0 aliphatic rings. The Bertz CT molecular complexity index is 258. The lowest BCUT2D eigenvalue weighted by Crippen LogP contribution is -2.24. The molecule has 0 aromatic carbocycles. The van der Waals surface area contributed by atoms with Crippen LogP contribution in [0.5, 0.6) is 0 Å². The van der Waals surface area contributed by atoms with Crippen LogP contribution in [0.25, 0.3) is 0 Å². The summed E-state index contributed by atoms with van der Waals surface area (Å²) in [6.45, 7) is 2.25. The molecule has 2 N–H and O–H groups in total. The third-order valence-corrected chi connectivity index (χ3v) is 12.1. The maximum absolute atomic E-state index is 9.87. The minimum Gasteiger partial charge on any atom is -0.425 e. The van der Waals surface area contributed by atoms with Gasteiger partial charge in [-0.15, -0.1) is 0 Å². The molecule has 0 aromatic heterocycles. The molecule has 13 heteroatoms. The van der Waals surface area contributed by atoms with Crippen LogP contribution < -0.4 is 0 Å². The van der Waals surface area contributed by atoms with Crippen LogP contribution in [0.3, 0.4) is 0 Å². The molecular weight excluding hydrogens is 425 g/mol. The molecule has 0 aliphatic carbocycles. The molecule has 152 valence electrons. The van der Waals surface area contributed by atoms with Gasteiger partial charge in [0.05, 0.1) is 0 Å². The van der Waals surface area contributed by atoms with Crippen LogP contribution in [0.2, 0.25) is 6.04 Å². The van der Waals surface area contributed by atoms with E-state index in [1.54, 1.807) is 0 Å². The molecule has 0 amide bonds. The second-order valence-corrected chi connectivity index (χ2v) is 16.6. The monoisotopic (exact) mass is 462 g/mol. The standard InChI is InChI=1S/C12H38O7Si6/c1-2-3-4-5-6-7-8-9-10-11-12-25(14)19-24-18-23-17-22-16-21-15-20-13/h13-14,25H,2-12,20-24H2,1H3. The van der Waals surface area contributed by atoms with Crippen molar-refractivity contribution < 1.29 is 30.2 Å². The molecule has 1 atom stereocenters. The van der Waals surface area contributed by atoms with Crippen LogP contribution >= 0.6 is 0 Å². The van der Waals surface area contributed by atoms with Crippen molar-refractivity contribution in [1.29, 1.82) is 0 Å². The van der Waals surface area contributed by atoms with Gasteiger partial charge in [-0.3, -0.25) is 0 Å². The van der Waals surface area contributed by atoms with Gasteiger partial charge in [0, 0.05) is 0 Å². The molecule has 0 spiro atoms. The third-order valence-electron chi connectivity index (χ3n) is 3.74.